The van der Waals surface area contributed by atoms with Crippen molar-refractivity contribution in [3.63, 3.8) is 0 Å². The fourth-order valence-corrected chi connectivity index (χ4v) is 7.34. The molecule has 2 heteroatoms. The standard InChI is InChI=1S/C39H27NS/c1-26-10-8-14-31(24-26)40(34-17-9-19-37-39(34)33-16-6-7-18-36(33)41-37)35-23-22-28-12-4-5-15-32(28)38(35)30-21-20-27-11-2-3-13-29(27)25-30/h2-25H,1H3. The third-order valence-corrected chi connectivity index (χ3v) is 9.20. The molecule has 0 aliphatic carbocycles. The monoisotopic (exact) mass is 541 g/mol. The van der Waals surface area contributed by atoms with E-state index in [1.54, 1.807) is 0 Å². The zero-order valence-corrected chi connectivity index (χ0v) is 23.5. The molecule has 0 saturated heterocycles. The summed E-state index contributed by atoms with van der Waals surface area (Å²) in [6, 6.07) is 53.2. The maximum absolute atomic E-state index is 2.48. The maximum atomic E-state index is 2.48. The van der Waals surface area contributed by atoms with Crippen molar-refractivity contribution in [2.45, 2.75) is 6.92 Å². The van der Waals surface area contributed by atoms with Gasteiger partial charge in [0.1, 0.15) is 0 Å². The fourth-order valence-electron chi connectivity index (χ4n) is 6.21. The predicted octanol–water partition coefficient (Wildman–Crippen LogP) is 11.8. The van der Waals surface area contributed by atoms with E-state index in [0.717, 1.165) is 5.69 Å². The highest BCUT2D eigenvalue weighted by Gasteiger charge is 2.22. The number of fused-ring (bicyclic) bond motifs is 5. The van der Waals surface area contributed by atoms with Crippen LogP contribution in [-0.2, 0) is 0 Å². The maximum Gasteiger partial charge on any atom is 0.0555 e. The molecule has 0 radical (unpaired) electrons. The summed E-state index contributed by atoms with van der Waals surface area (Å²) in [4.78, 5) is 2.48. The molecule has 41 heavy (non-hydrogen) atoms. The summed E-state index contributed by atoms with van der Waals surface area (Å²) >= 11 is 1.86. The van der Waals surface area contributed by atoms with Crippen LogP contribution in [0.2, 0.25) is 0 Å². The third-order valence-electron chi connectivity index (χ3n) is 8.07. The van der Waals surface area contributed by atoms with E-state index in [0.29, 0.717) is 0 Å². The van der Waals surface area contributed by atoms with Crippen LogP contribution in [0.4, 0.5) is 17.1 Å². The van der Waals surface area contributed by atoms with E-state index in [1.165, 1.54) is 69.8 Å². The van der Waals surface area contributed by atoms with Crippen LogP contribution in [0.25, 0.3) is 52.8 Å². The van der Waals surface area contributed by atoms with E-state index in [1.807, 2.05) is 11.3 Å². The quantitative estimate of drug-likeness (QED) is 0.214. The van der Waals surface area contributed by atoms with Crippen LogP contribution >= 0.6 is 11.3 Å². The van der Waals surface area contributed by atoms with E-state index >= 15 is 0 Å². The fraction of sp³-hybridized carbons (Fsp3) is 0.0256. The van der Waals surface area contributed by atoms with E-state index in [-0.39, 0.29) is 0 Å². The summed E-state index contributed by atoms with van der Waals surface area (Å²) in [6.45, 7) is 2.17. The van der Waals surface area contributed by atoms with Crippen LogP contribution < -0.4 is 4.90 Å². The van der Waals surface area contributed by atoms with Crippen molar-refractivity contribution in [2.24, 2.45) is 0 Å². The molecule has 1 nitrogen and oxygen atoms in total. The summed E-state index contributed by atoms with van der Waals surface area (Å²) in [5.41, 5.74) is 7.23. The van der Waals surface area contributed by atoms with Gasteiger partial charge in [-0.05, 0) is 82.1 Å². The molecular formula is C39H27NS. The number of aryl methyl sites for hydroxylation is 1. The Kier molecular flexibility index (Phi) is 5.61. The molecule has 0 saturated carbocycles. The number of nitrogens with zero attached hydrogens (tertiary/aromatic N) is 1. The molecule has 0 N–H and O–H groups in total. The first-order chi connectivity index (χ1) is 20.2. The molecule has 8 aromatic rings. The lowest BCUT2D eigenvalue weighted by Gasteiger charge is -2.30. The normalized spacial score (nSPS) is 11.5. The minimum absolute atomic E-state index is 1.16. The highest BCUT2D eigenvalue weighted by atomic mass is 32.1. The summed E-state index contributed by atoms with van der Waals surface area (Å²) < 4.78 is 2.61. The molecule has 0 aliphatic heterocycles. The number of anilines is 3. The van der Waals surface area contributed by atoms with Gasteiger partial charge in [-0.1, -0.05) is 103 Å². The second-order valence-electron chi connectivity index (χ2n) is 10.7. The van der Waals surface area contributed by atoms with Crippen LogP contribution in [0.15, 0.2) is 146 Å². The molecular weight excluding hydrogens is 515 g/mol. The minimum atomic E-state index is 1.16. The van der Waals surface area contributed by atoms with E-state index < -0.39 is 0 Å². The highest BCUT2D eigenvalue weighted by molar-refractivity contribution is 7.26. The molecule has 0 amide bonds. The molecule has 1 heterocycles. The zero-order valence-electron chi connectivity index (χ0n) is 22.7. The lowest BCUT2D eigenvalue weighted by atomic mass is 9.93. The Balaban J connectivity index is 1.50. The number of benzene rings is 7. The molecule has 1 aromatic heterocycles. The van der Waals surface area contributed by atoms with Gasteiger partial charge in [0.15, 0.2) is 0 Å². The van der Waals surface area contributed by atoms with Crippen molar-refractivity contribution in [3.05, 3.63) is 151 Å². The Bertz CT molecular complexity index is 2240. The SMILES string of the molecule is Cc1cccc(N(c2ccc3ccccc3c2-c2ccc3ccccc3c2)c2cccc3sc4ccccc4c23)c1. The topological polar surface area (TPSA) is 3.24 Å². The van der Waals surface area contributed by atoms with Gasteiger partial charge in [0.25, 0.3) is 0 Å². The molecule has 0 spiro atoms. The van der Waals surface area contributed by atoms with Crippen molar-refractivity contribution in [3.8, 4) is 11.1 Å². The van der Waals surface area contributed by atoms with E-state index in [9.17, 15) is 0 Å². The van der Waals surface area contributed by atoms with Gasteiger partial charge in [-0.25, -0.2) is 0 Å². The van der Waals surface area contributed by atoms with Crippen molar-refractivity contribution in [1.29, 1.82) is 0 Å². The Hall–Kier alpha value is -4.92. The second kappa shape index (κ2) is 9.62. The predicted molar refractivity (Wildman–Crippen MR) is 179 cm³/mol. The first-order valence-corrected chi connectivity index (χ1v) is 14.8. The number of hydrogen-bond donors (Lipinski definition) is 0. The first kappa shape index (κ1) is 23.9. The van der Waals surface area contributed by atoms with Crippen molar-refractivity contribution in [1.82, 2.24) is 0 Å². The van der Waals surface area contributed by atoms with Gasteiger partial charge in [0.2, 0.25) is 0 Å². The average molecular weight is 542 g/mol. The van der Waals surface area contributed by atoms with Crippen molar-refractivity contribution < 1.29 is 0 Å². The van der Waals surface area contributed by atoms with E-state index in [4.69, 9.17) is 0 Å². The van der Waals surface area contributed by atoms with Crippen molar-refractivity contribution >= 4 is 70.1 Å². The molecule has 0 atom stereocenters. The molecule has 0 aliphatic rings. The Morgan fingerprint density at radius 2 is 1.20 bits per heavy atom. The van der Waals surface area contributed by atoms with Gasteiger partial charge in [0.05, 0.1) is 11.4 Å². The number of thiophene rings is 1. The molecule has 8 rings (SSSR count). The Labute approximate surface area is 243 Å². The first-order valence-electron chi connectivity index (χ1n) is 14.0. The zero-order chi connectivity index (χ0) is 27.3. The van der Waals surface area contributed by atoms with Gasteiger partial charge in [0, 0.05) is 31.4 Å². The second-order valence-corrected chi connectivity index (χ2v) is 11.7. The van der Waals surface area contributed by atoms with Crippen LogP contribution in [0.3, 0.4) is 0 Å². The summed E-state index contributed by atoms with van der Waals surface area (Å²) in [5.74, 6) is 0. The number of rotatable bonds is 4. The van der Waals surface area contributed by atoms with Gasteiger partial charge >= 0.3 is 0 Å². The van der Waals surface area contributed by atoms with Crippen LogP contribution in [0.5, 0.6) is 0 Å². The largest absolute Gasteiger partial charge is 0.309 e. The van der Waals surface area contributed by atoms with Gasteiger partial charge in [-0.2, -0.15) is 0 Å². The highest BCUT2D eigenvalue weighted by Crippen LogP contribution is 2.49. The molecule has 0 bridgehead atoms. The van der Waals surface area contributed by atoms with Crippen LogP contribution in [0.1, 0.15) is 5.56 Å². The third kappa shape index (κ3) is 3.99. The molecule has 194 valence electrons. The summed E-state index contributed by atoms with van der Waals surface area (Å²) in [6.07, 6.45) is 0. The van der Waals surface area contributed by atoms with Gasteiger partial charge in [-0.15, -0.1) is 11.3 Å². The van der Waals surface area contributed by atoms with Crippen molar-refractivity contribution in [2.75, 3.05) is 4.90 Å². The smallest absolute Gasteiger partial charge is 0.0555 e. The lowest BCUT2D eigenvalue weighted by Crippen LogP contribution is -2.12. The number of hydrogen-bond acceptors (Lipinski definition) is 2. The minimum Gasteiger partial charge on any atom is -0.309 e. The van der Waals surface area contributed by atoms with Crippen LogP contribution in [-0.4, -0.2) is 0 Å². The van der Waals surface area contributed by atoms with Gasteiger partial charge in [-0.3, -0.25) is 0 Å². The molecule has 0 fully saturated rings. The summed E-state index contributed by atoms with van der Waals surface area (Å²) in [7, 11) is 0. The molecule has 7 aromatic carbocycles. The van der Waals surface area contributed by atoms with Crippen LogP contribution in [0, 0.1) is 6.92 Å². The lowest BCUT2D eigenvalue weighted by molar-refractivity contribution is 1.29. The van der Waals surface area contributed by atoms with E-state index in [2.05, 4.69) is 157 Å². The average Bonchev–Trinajstić information content (AvgIpc) is 3.40. The Morgan fingerprint density at radius 1 is 0.488 bits per heavy atom. The molecule has 0 unspecified atom stereocenters. The summed E-state index contributed by atoms with van der Waals surface area (Å²) in [5, 5.41) is 7.59. The Morgan fingerprint density at radius 3 is 2.07 bits per heavy atom. The van der Waals surface area contributed by atoms with Gasteiger partial charge < -0.3 is 4.90 Å².